The van der Waals surface area contributed by atoms with Crippen LogP contribution in [0.2, 0.25) is 0 Å². The summed E-state index contributed by atoms with van der Waals surface area (Å²) in [5.41, 5.74) is 0. The van der Waals surface area contributed by atoms with Gasteiger partial charge in [0.15, 0.2) is 5.79 Å². The van der Waals surface area contributed by atoms with E-state index in [9.17, 15) is 5.11 Å². The number of hydrogen-bond donors (Lipinski definition) is 1. The molecule has 150 valence electrons. The second-order valence-corrected chi connectivity index (χ2v) is 8.48. The highest BCUT2D eigenvalue weighted by Crippen LogP contribution is 2.34. The third kappa shape index (κ3) is 9.96. The van der Waals surface area contributed by atoms with Gasteiger partial charge in [0.05, 0.1) is 12.2 Å². The molecular formula is C22H44O3. The van der Waals surface area contributed by atoms with Crippen LogP contribution in [0.1, 0.15) is 111 Å². The Morgan fingerprint density at radius 3 is 1.76 bits per heavy atom. The molecule has 3 nitrogen and oxygen atoms in total. The van der Waals surface area contributed by atoms with Crippen molar-refractivity contribution >= 4 is 0 Å². The minimum absolute atomic E-state index is 0.0349. The van der Waals surface area contributed by atoms with Gasteiger partial charge in [-0.25, -0.2) is 0 Å². The van der Waals surface area contributed by atoms with Gasteiger partial charge in [0.2, 0.25) is 0 Å². The zero-order valence-electron chi connectivity index (χ0n) is 17.4. The lowest BCUT2D eigenvalue weighted by Gasteiger charge is -2.21. The summed E-state index contributed by atoms with van der Waals surface area (Å²) >= 11 is 0. The fourth-order valence-corrected chi connectivity index (χ4v) is 3.86. The third-order valence-electron chi connectivity index (χ3n) is 5.41. The van der Waals surface area contributed by atoms with Gasteiger partial charge in [-0.2, -0.15) is 0 Å². The van der Waals surface area contributed by atoms with Crippen LogP contribution < -0.4 is 0 Å². The maximum atomic E-state index is 9.42. The Morgan fingerprint density at radius 1 is 0.800 bits per heavy atom. The molecule has 0 aliphatic carbocycles. The molecule has 0 saturated carbocycles. The molecule has 3 heteroatoms. The standard InChI is InChI=1S/C22H44O3/c1-5-6-7-8-9-10-11-12-13-14-15-16-17-20-21(19(2)18-23)25-22(3,4)24-20/h19-21,23H,5-18H2,1-4H3/t19-,20-,21-/m0/s1. The molecule has 1 aliphatic heterocycles. The summed E-state index contributed by atoms with van der Waals surface area (Å²) in [7, 11) is 0. The van der Waals surface area contributed by atoms with Gasteiger partial charge >= 0.3 is 0 Å². The van der Waals surface area contributed by atoms with E-state index in [0.717, 1.165) is 6.42 Å². The van der Waals surface area contributed by atoms with Gasteiger partial charge < -0.3 is 14.6 Å². The van der Waals surface area contributed by atoms with E-state index in [1.807, 2.05) is 20.8 Å². The van der Waals surface area contributed by atoms with Gasteiger partial charge in [-0.15, -0.1) is 0 Å². The summed E-state index contributed by atoms with van der Waals surface area (Å²) in [6, 6.07) is 0. The van der Waals surface area contributed by atoms with Crippen LogP contribution in [-0.2, 0) is 9.47 Å². The van der Waals surface area contributed by atoms with Crippen molar-refractivity contribution in [2.24, 2.45) is 5.92 Å². The van der Waals surface area contributed by atoms with Gasteiger partial charge in [0.25, 0.3) is 0 Å². The van der Waals surface area contributed by atoms with Crippen molar-refractivity contribution in [1.82, 2.24) is 0 Å². The van der Waals surface area contributed by atoms with E-state index in [2.05, 4.69) is 6.92 Å². The first-order chi connectivity index (χ1) is 12.0. The Balaban J connectivity index is 2.00. The molecule has 1 aliphatic rings. The van der Waals surface area contributed by atoms with Crippen molar-refractivity contribution in [2.75, 3.05) is 6.61 Å². The highest BCUT2D eigenvalue weighted by Gasteiger charge is 2.42. The molecule has 0 spiro atoms. The van der Waals surface area contributed by atoms with Crippen LogP contribution in [0.4, 0.5) is 0 Å². The molecule has 1 saturated heterocycles. The fourth-order valence-electron chi connectivity index (χ4n) is 3.86. The average molecular weight is 357 g/mol. The normalized spacial score (nSPS) is 23.9. The second kappa shape index (κ2) is 13.1. The summed E-state index contributed by atoms with van der Waals surface area (Å²) in [5, 5.41) is 9.42. The van der Waals surface area contributed by atoms with E-state index >= 15 is 0 Å². The maximum absolute atomic E-state index is 9.42. The first-order valence-electron chi connectivity index (χ1n) is 11.0. The van der Waals surface area contributed by atoms with Crippen molar-refractivity contribution in [3.8, 4) is 0 Å². The minimum Gasteiger partial charge on any atom is -0.396 e. The maximum Gasteiger partial charge on any atom is 0.163 e. The molecular weight excluding hydrogens is 312 g/mol. The number of unbranched alkanes of at least 4 members (excludes halogenated alkanes) is 11. The summed E-state index contributed by atoms with van der Waals surface area (Å²) in [4.78, 5) is 0. The van der Waals surface area contributed by atoms with Crippen LogP contribution >= 0.6 is 0 Å². The van der Waals surface area contributed by atoms with Crippen molar-refractivity contribution < 1.29 is 14.6 Å². The summed E-state index contributed by atoms with van der Waals surface area (Å²) in [6.07, 6.45) is 17.7. The molecule has 1 fully saturated rings. The highest BCUT2D eigenvalue weighted by atomic mass is 16.8. The summed E-state index contributed by atoms with van der Waals surface area (Å²) in [6.45, 7) is 8.45. The predicted octanol–water partition coefficient (Wildman–Crippen LogP) is 6.23. The van der Waals surface area contributed by atoms with Gasteiger partial charge in [0, 0.05) is 12.5 Å². The molecule has 0 radical (unpaired) electrons. The number of aliphatic hydroxyl groups is 1. The zero-order chi connectivity index (χ0) is 18.5. The van der Waals surface area contributed by atoms with E-state index in [4.69, 9.17) is 9.47 Å². The van der Waals surface area contributed by atoms with Gasteiger partial charge in [-0.3, -0.25) is 0 Å². The first-order valence-corrected chi connectivity index (χ1v) is 11.0. The third-order valence-corrected chi connectivity index (χ3v) is 5.41. The Morgan fingerprint density at radius 2 is 1.28 bits per heavy atom. The fraction of sp³-hybridized carbons (Fsp3) is 1.00. The molecule has 25 heavy (non-hydrogen) atoms. The number of aliphatic hydroxyl groups excluding tert-OH is 1. The molecule has 0 aromatic carbocycles. The Kier molecular flexibility index (Phi) is 12.0. The Labute approximate surface area is 156 Å². The van der Waals surface area contributed by atoms with Crippen molar-refractivity contribution in [3.05, 3.63) is 0 Å². The molecule has 0 aromatic heterocycles. The summed E-state index contributed by atoms with van der Waals surface area (Å²) in [5.74, 6) is -0.361. The SMILES string of the molecule is CCCCCCCCCCCCCC[C@@H]1OC(C)(C)O[C@H]1[C@@H](C)CO. The predicted molar refractivity (Wildman–Crippen MR) is 106 cm³/mol. The lowest BCUT2D eigenvalue weighted by Crippen LogP contribution is -2.31. The van der Waals surface area contributed by atoms with E-state index in [1.54, 1.807) is 0 Å². The smallest absolute Gasteiger partial charge is 0.163 e. The van der Waals surface area contributed by atoms with Crippen LogP contribution in [0.5, 0.6) is 0 Å². The molecule has 0 amide bonds. The second-order valence-electron chi connectivity index (χ2n) is 8.48. The van der Waals surface area contributed by atoms with E-state index in [1.165, 1.54) is 77.0 Å². The summed E-state index contributed by atoms with van der Waals surface area (Å²) < 4.78 is 12.0. The molecule has 1 heterocycles. The highest BCUT2D eigenvalue weighted by molar-refractivity contribution is 4.84. The average Bonchev–Trinajstić information content (AvgIpc) is 2.90. The Bertz CT molecular complexity index is 316. The van der Waals surface area contributed by atoms with E-state index in [0.29, 0.717) is 0 Å². The van der Waals surface area contributed by atoms with Crippen molar-refractivity contribution in [1.29, 1.82) is 0 Å². The van der Waals surface area contributed by atoms with E-state index < -0.39 is 5.79 Å². The number of hydrogen-bond acceptors (Lipinski definition) is 3. The van der Waals surface area contributed by atoms with Crippen molar-refractivity contribution in [3.63, 3.8) is 0 Å². The lowest BCUT2D eigenvalue weighted by atomic mass is 9.96. The lowest BCUT2D eigenvalue weighted by molar-refractivity contribution is -0.151. The van der Waals surface area contributed by atoms with Gasteiger partial charge in [-0.1, -0.05) is 90.9 Å². The van der Waals surface area contributed by atoms with Gasteiger partial charge in [0.1, 0.15) is 0 Å². The molecule has 0 aromatic rings. The molecule has 1 rings (SSSR count). The molecule has 1 N–H and O–H groups in total. The minimum atomic E-state index is -0.504. The zero-order valence-corrected chi connectivity index (χ0v) is 17.4. The first kappa shape index (κ1) is 22.9. The molecule has 0 unspecified atom stereocenters. The monoisotopic (exact) mass is 356 g/mol. The topological polar surface area (TPSA) is 38.7 Å². The van der Waals surface area contributed by atoms with Crippen LogP contribution in [0.25, 0.3) is 0 Å². The number of ether oxygens (including phenoxy) is 2. The van der Waals surface area contributed by atoms with Crippen LogP contribution in [-0.4, -0.2) is 29.7 Å². The number of rotatable bonds is 15. The quantitative estimate of drug-likeness (QED) is 0.354. The Hall–Kier alpha value is -0.120. The van der Waals surface area contributed by atoms with Crippen molar-refractivity contribution in [2.45, 2.75) is 129 Å². The molecule has 0 bridgehead atoms. The largest absolute Gasteiger partial charge is 0.396 e. The van der Waals surface area contributed by atoms with Crippen LogP contribution in [0, 0.1) is 5.92 Å². The van der Waals surface area contributed by atoms with Crippen LogP contribution in [0.15, 0.2) is 0 Å². The van der Waals surface area contributed by atoms with Crippen LogP contribution in [0.3, 0.4) is 0 Å². The van der Waals surface area contributed by atoms with E-state index in [-0.39, 0.29) is 24.7 Å². The van der Waals surface area contributed by atoms with Gasteiger partial charge in [-0.05, 0) is 20.3 Å². The molecule has 3 atom stereocenters.